The number of benzene rings is 8. The molecule has 0 aliphatic rings. The Morgan fingerprint density at radius 1 is 0.380 bits per heavy atom. The number of hydrogen-bond acceptors (Lipinski definition) is 3. The van der Waals surface area contributed by atoms with Crippen LogP contribution in [-0.2, 0) is 0 Å². The molecule has 3 heteroatoms. The number of nitrogens with zero attached hydrogens (tertiary/aromatic N) is 2. The minimum Gasteiger partial charge on any atom is -0.435 e. The van der Waals surface area contributed by atoms with Gasteiger partial charge in [-0.05, 0) is 87.1 Å². The van der Waals surface area contributed by atoms with Crippen molar-refractivity contribution in [2.24, 2.45) is 0 Å². The molecule has 0 bridgehead atoms. The molecule has 9 rings (SSSR count). The van der Waals surface area contributed by atoms with E-state index in [0.29, 0.717) is 5.89 Å². The van der Waals surface area contributed by atoms with Crippen LogP contribution in [0.15, 0.2) is 199 Å². The number of oxazole rings is 1. The van der Waals surface area contributed by atoms with E-state index in [0.717, 1.165) is 55.6 Å². The second-order valence-corrected chi connectivity index (χ2v) is 12.4. The molecule has 0 amide bonds. The number of fused-ring (bicyclic) bond motifs is 2. The third-order valence-electron chi connectivity index (χ3n) is 9.32. The van der Waals surface area contributed by atoms with Gasteiger partial charge in [0.2, 0.25) is 5.89 Å². The number of anilines is 3. The van der Waals surface area contributed by atoms with Gasteiger partial charge in [0.05, 0.1) is 0 Å². The Balaban J connectivity index is 1.11. The first kappa shape index (κ1) is 29.4. The van der Waals surface area contributed by atoms with E-state index >= 15 is 0 Å². The van der Waals surface area contributed by atoms with Crippen molar-refractivity contribution in [3.05, 3.63) is 194 Å². The summed E-state index contributed by atoms with van der Waals surface area (Å²) in [6.07, 6.45) is 0. The van der Waals surface area contributed by atoms with Crippen LogP contribution in [-0.4, -0.2) is 4.98 Å². The van der Waals surface area contributed by atoms with Crippen LogP contribution in [0, 0.1) is 0 Å². The highest BCUT2D eigenvalue weighted by atomic mass is 16.3. The molecule has 0 aliphatic carbocycles. The van der Waals surface area contributed by atoms with Gasteiger partial charge in [-0.1, -0.05) is 146 Å². The highest BCUT2D eigenvalue weighted by Crippen LogP contribution is 2.40. The molecule has 0 aliphatic heterocycles. The molecule has 0 N–H and O–H groups in total. The van der Waals surface area contributed by atoms with Gasteiger partial charge in [0.1, 0.15) is 5.52 Å². The third kappa shape index (κ3) is 5.51. The normalized spacial score (nSPS) is 11.2. The summed E-state index contributed by atoms with van der Waals surface area (Å²) in [5.41, 5.74) is 12.7. The van der Waals surface area contributed by atoms with Gasteiger partial charge < -0.3 is 9.32 Å². The maximum atomic E-state index is 6.55. The van der Waals surface area contributed by atoms with Crippen molar-refractivity contribution < 1.29 is 4.42 Å². The fraction of sp³-hybridized carbons (Fsp3) is 0. The van der Waals surface area contributed by atoms with Crippen LogP contribution in [0.2, 0.25) is 0 Å². The quantitative estimate of drug-likeness (QED) is 0.174. The zero-order valence-corrected chi connectivity index (χ0v) is 27.3. The van der Waals surface area contributed by atoms with Crippen LogP contribution in [0.1, 0.15) is 0 Å². The zero-order valence-electron chi connectivity index (χ0n) is 27.3. The summed E-state index contributed by atoms with van der Waals surface area (Å²) in [5, 5.41) is 2.29. The topological polar surface area (TPSA) is 29.3 Å². The van der Waals surface area contributed by atoms with Gasteiger partial charge in [-0.2, -0.15) is 0 Å². The van der Waals surface area contributed by atoms with Crippen LogP contribution in [0.25, 0.3) is 66.7 Å². The number of hydrogen-bond donors (Lipinski definition) is 0. The number of aromatic nitrogens is 1. The lowest BCUT2D eigenvalue weighted by Crippen LogP contribution is -2.10. The lowest BCUT2D eigenvalue weighted by molar-refractivity contribution is 0.621. The first-order valence-corrected chi connectivity index (χ1v) is 16.9. The maximum absolute atomic E-state index is 6.55. The predicted octanol–water partition coefficient (Wildman–Crippen LogP) is 13.1. The van der Waals surface area contributed by atoms with Gasteiger partial charge in [-0.3, -0.25) is 0 Å². The molecule has 0 atom stereocenters. The average Bonchev–Trinajstić information content (AvgIpc) is 3.64. The summed E-state index contributed by atoms with van der Waals surface area (Å²) in [4.78, 5) is 7.25. The fourth-order valence-corrected chi connectivity index (χ4v) is 6.83. The molecular formula is C47H32N2O. The maximum Gasteiger partial charge on any atom is 0.227 e. The van der Waals surface area contributed by atoms with Crippen LogP contribution in [0.3, 0.4) is 0 Å². The molecule has 0 radical (unpaired) electrons. The number of para-hydroxylation sites is 1. The van der Waals surface area contributed by atoms with Crippen LogP contribution in [0.4, 0.5) is 17.1 Å². The van der Waals surface area contributed by atoms with E-state index in [1.807, 2.05) is 6.07 Å². The van der Waals surface area contributed by atoms with Crippen molar-refractivity contribution in [3.8, 4) is 44.8 Å². The second kappa shape index (κ2) is 12.7. The third-order valence-corrected chi connectivity index (χ3v) is 9.32. The molecule has 9 aromatic rings. The molecule has 3 nitrogen and oxygen atoms in total. The van der Waals surface area contributed by atoms with Crippen LogP contribution < -0.4 is 4.90 Å². The summed E-state index contributed by atoms with van der Waals surface area (Å²) in [6.45, 7) is 0. The first-order chi connectivity index (χ1) is 24.8. The van der Waals surface area contributed by atoms with Crippen LogP contribution in [0.5, 0.6) is 0 Å². The van der Waals surface area contributed by atoms with E-state index in [-0.39, 0.29) is 0 Å². The highest BCUT2D eigenvalue weighted by molar-refractivity contribution is 5.97. The Bertz CT molecular complexity index is 2570. The minimum absolute atomic E-state index is 0.629. The molecule has 236 valence electrons. The van der Waals surface area contributed by atoms with Crippen molar-refractivity contribution >= 4 is 38.9 Å². The summed E-state index contributed by atoms with van der Waals surface area (Å²) in [6, 6.07) is 68.1. The summed E-state index contributed by atoms with van der Waals surface area (Å²) < 4.78 is 6.55. The van der Waals surface area contributed by atoms with Crippen LogP contribution >= 0.6 is 0 Å². The SMILES string of the molecule is c1ccc(-c2ccc(N(c3ccc(-c4cccc5nc(-c6cccc7ccccc67)oc45)cc3)c3cccc(-c4ccccc4)c3)cc2)cc1. The van der Waals surface area contributed by atoms with Crippen molar-refractivity contribution in [3.63, 3.8) is 0 Å². The molecule has 1 heterocycles. The molecule has 0 saturated carbocycles. The molecular weight excluding hydrogens is 609 g/mol. The van der Waals surface area contributed by atoms with E-state index in [1.165, 1.54) is 22.3 Å². The summed E-state index contributed by atoms with van der Waals surface area (Å²) in [7, 11) is 0. The predicted molar refractivity (Wildman–Crippen MR) is 208 cm³/mol. The summed E-state index contributed by atoms with van der Waals surface area (Å²) in [5.74, 6) is 0.629. The molecule has 0 spiro atoms. The van der Waals surface area contributed by atoms with E-state index in [2.05, 4.69) is 193 Å². The standard InChI is InChI=1S/C47H32N2O/c1-3-12-33(13-4-1)35-24-28-39(29-25-35)49(41-19-9-18-38(32-41)34-14-5-2-6-15-34)40-30-26-37(27-31-40)43-21-11-23-45-46(43)50-47(48-45)44-22-10-17-36-16-7-8-20-42(36)44/h1-32H. The van der Waals surface area contributed by atoms with Gasteiger partial charge >= 0.3 is 0 Å². The van der Waals surface area contributed by atoms with Gasteiger partial charge in [0, 0.05) is 28.2 Å². The molecule has 50 heavy (non-hydrogen) atoms. The van der Waals surface area contributed by atoms with Gasteiger partial charge in [-0.15, -0.1) is 0 Å². The van der Waals surface area contributed by atoms with Crippen molar-refractivity contribution in [1.82, 2.24) is 4.98 Å². The van der Waals surface area contributed by atoms with E-state index in [9.17, 15) is 0 Å². The summed E-state index contributed by atoms with van der Waals surface area (Å²) >= 11 is 0. The average molecular weight is 641 g/mol. The van der Waals surface area contributed by atoms with Gasteiger partial charge in [0.15, 0.2) is 5.58 Å². The van der Waals surface area contributed by atoms with Gasteiger partial charge in [-0.25, -0.2) is 4.98 Å². The fourth-order valence-electron chi connectivity index (χ4n) is 6.83. The number of rotatable bonds is 7. The first-order valence-electron chi connectivity index (χ1n) is 16.9. The Kier molecular flexibility index (Phi) is 7.49. The molecule has 1 aromatic heterocycles. The minimum atomic E-state index is 0.629. The lowest BCUT2D eigenvalue weighted by atomic mass is 10.0. The van der Waals surface area contributed by atoms with Crippen molar-refractivity contribution in [2.75, 3.05) is 4.90 Å². The molecule has 0 saturated heterocycles. The zero-order chi connectivity index (χ0) is 33.3. The molecule has 0 unspecified atom stereocenters. The molecule has 0 fully saturated rings. The Morgan fingerprint density at radius 3 is 1.66 bits per heavy atom. The second-order valence-electron chi connectivity index (χ2n) is 12.4. The Hall–Kier alpha value is -6.71. The Morgan fingerprint density at radius 2 is 0.920 bits per heavy atom. The Labute approximate surface area is 291 Å². The monoisotopic (exact) mass is 640 g/mol. The molecule has 8 aromatic carbocycles. The van der Waals surface area contributed by atoms with Crippen molar-refractivity contribution in [2.45, 2.75) is 0 Å². The van der Waals surface area contributed by atoms with E-state index in [1.54, 1.807) is 0 Å². The van der Waals surface area contributed by atoms with E-state index in [4.69, 9.17) is 9.40 Å². The van der Waals surface area contributed by atoms with E-state index < -0.39 is 0 Å². The smallest absolute Gasteiger partial charge is 0.227 e. The highest BCUT2D eigenvalue weighted by Gasteiger charge is 2.17. The lowest BCUT2D eigenvalue weighted by Gasteiger charge is -2.26. The van der Waals surface area contributed by atoms with Crippen molar-refractivity contribution in [1.29, 1.82) is 0 Å². The van der Waals surface area contributed by atoms with Gasteiger partial charge in [0.25, 0.3) is 0 Å². The largest absolute Gasteiger partial charge is 0.435 e.